The Morgan fingerprint density at radius 1 is 1.30 bits per heavy atom. The lowest BCUT2D eigenvalue weighted by atomic mass is 10.3. The minimum atomic E-state index is -2.58. The van der Waals surface area contributed by atoms with Gasteiger partial charge in [0.25, 0.3) is 0 Å². The Morgan fingerprint density at radius 3 is 2.90 bits per heavy atom. The van der Waals surface area contributed by atoms with E-state index in [4.69, 9.17) is 0 Å². The van der Waals surface area contributed by atoms with Crippen molar-refractivity contribution in [1.82, 2.24) is 14.5 Å². The summed E-state index contributed by atoms with van der Waals surface area (Å²) in [5, 5.41) is 2.33. The Hall–Kier alpha value is -1.47. The zero-order valence-electron chi connectivity index (χ0n) is 10.4. The molecule has 0 radical (unpaired) electrons. The molecule has 0 atom stereocenters. The first-order chi connectivity index (χ1) is 9.75. The second-order valence-electron chi connectivity index (χ2n) is 4.11. The van der Waals surface area contributed by atoms with Crippen LogP contribution < -0.4 is 0 Å². The van der Waals surface area contributed by atoms with Crippen LogP contribution in [0.5, 0.6) is 0 Å². The first kappa shape index (κ1) is 13.5. The van der Waals surface area contributed by atoms with E-state index in [9.17, 15) is 8.78 Å². The third-order valence-corrected chi connectivity index (χ3v) is 4.42. The maximum atomic E-state index is 13.2. The van der Waals surface area contributed by atoms with Gasteiger partial charge in [0.05, 0.1) is 22.2 Å². The molecule has 0 aliphatic carbocycles. The summed E-state index contributed by atoms with van der Waals surface area (Å²) in [6.45, 7) is -2.58. The topological polar surface area (TPSA) is 30.7 Å². The number of hydrogen-bond donors (Lipinski definition) is 0. The summed E-state index contributed by atoms with van der Waals surface area (Å²) in [5.74, 6) is 0.680. The second-order valence-corrected chi connectivity index (χ2v) is 5.89. The number of nitrogens with zero attached hydrogens (tertiary/aromatic N) is 3. The number of halogens is 2. The average Bonchev–Trinajstić information content (AvgIpc) is 3.05. The highest BCUT2D eigenvalue weighted by Gasteiger charge is 2.17. The van der Waals surface area contributed by atoms with Crippen molar-refractivity contribution in [1.29, 1.82) is 0 Å². The molecule has 104 valence electrons. The molecule has 0 aliphatic rings. The zero-order valence-corrected chi connectivity index (χ0v) is 12.0. The van der Waals surface area contributed by atoms with Gasteiger partial charge >= 0.3 is 6.55 Å². The molecule has 0 saturated heterocycles. The van der Waals surface area contributed by atoms with Crippen molar-refractivity contribution in [2.45, 2.75) is 18.1 Å². The van der Waals surface area contributed by atoms with Crippen molar-refractivity contribution in [2.75, 3.05) is 5.75 Å². The number of rotatable bonds is 5. The molecule has 0 aliphatic heterocycles. The lowest BCUT2D eigenvalue weighted by Gasteiger charge is -2.06. The van der Waals surface area contributed by atoms with Gasteiger partial charge in [0.1, 0.15) is 0 Å². The van der Waals surface area contributed by atoms with Crippen LogP contribution in [0.3, 0.4) is 0 Å². The van der Waals surface area contributed by atoms with Gasteiger partial charge in [-0.2, -0.15) is 8.78 Å². The molecule has 1 aromatic carbocycles. The Morgan fingerprint density at radius 2 is 2.15 bits per heavy atom. The van der Waals surface area contributed by atoms with Crippen LogP contribution in [0, 0.1) is 0 Å². The molecule has 3 rings (SSSR count). The van der Waals surface area contributed by atoms with Crippen molar-refractivity contribution in [3.63, 3.8) is 0 Å². The number of aryl methyl sites for hydroxylation is 1. The summed E-state index contributed by atoms with van der Waals surface area (Å²) < 4.78 is 27.4. The minimum absolute atomic E-state index is 0.358. The van der Waals surface area contributed by atoms with Crippen LogP contribution in [-0.4, -0.2) is 20.3 Å². The predicted molar refractivity (Wildman–Crippen MR) is 77.5 cm³/mol. The molecule has 2 aromatic heterocycles. The molecule has 0 bridgehead atoms. The van der Waals surface area contributed by atoms with Gasteiger partial charge in [0.15, 0.2) is 5.16 Å². The van der Waals surface area contributed by atoms with Crippen molar-refractivity contribution in [2.24, 2.45) is 0 Å². The Bertz CT molecular complexity index is 695. The van der Waals surface area contributed by atoms with E-state index in [2.05, 4.69) is 9.97 Å². The minimum Gasteiger partial charge on any atom is -0.261 e. The van der Waals surface area contributed by atoms with Gasteiger partial charge in [-0.15, -0.1) is 11.3 Å². The summed E-state index contributed by atoms with van der Waals surface area (Å²) in [4.78, 5) is 8.46. The second kappa shape index (κ2) is 5.88. The molecule has 0 fully saturated rings. The third-order valence-electron chi connectivity index (χ3n) is 2.83. The highest BCUT2D eigenvalue weighted by atomic mass is 32.2. The summed E-state index contributed by atoms with van der Waals surface area (Å²) in [6.07, 6.45) is 0.751. The molecule has 20 heavy (non-hydrogen) atoms. The van der Waals surface area contributed by atoms with E-state index in [1.807, 2.05) is 5.38 Å². The zero-order chi connectivity index (χ0) is 13.9. The van der Waals surface area contributed by atoms with Crippen LogP contribution >= 0.6 is 23.1 Å². The van der Waals surface area contributed by atoms with E-state index in [0.717, 1.165) is 16.7 Å². The molecule has 0 amide bonds. The van der Waals surface area contributed by atoms with E-state index in [-0.39, 0.29) is 0 Å². The molecule has 0 N–H and O–H groups in total. The van der Waals surface area contributed by atoms with Crippen LogP contribution in [0.1, 0.15) is 12.2 Å². The fourth-order valence-electron chi connectivity index (χ4n) is 1.92. The van der Waals surface area contributed by atoms with Crippen molar-refractivity contribution >= 4 is 34.1 Å². The number of fused-ring (bicyclic) bond motifs is 1. The van der Waals surface area contributed by atoms with Gasteiger partial charge in [-0.1, -0.05) is 23.9 Å². The van der Waals surface area contributed by atoms with Crippen LogP contribution in [0.25, 0.3) is 11.0 Å². The predicted octanol–water partition coefficient (Wildman–Crippen LogP) is 4.22. The average molecular weight is 311 g/mol. The molecule has 0 saturated carbocycles. The maximum Gasteiger partial charge on any atom is 0.321 e. The molecule has 2 heterocycles. The van der Waals surface area contributed by atoms with E-state index >= 15 is 0 Å². The molecule has 3 nitrogen and oxygen atoms in total. The van der Waals surface area contributed by atoms with Crippen LogP contribution in [-0.2, 0) is 6.42 Å². The highest BCUT2D eigenvalue weighted by molar-refractivity contribution is 7.99. The molecular weight excluding hydrogens is 300 g/mol. The number of thiazole rings is 1. The number of thioether (sulfide) groups is 1. The van der Waals surface area contributed by atoms with Gasteiger partial charge in [-0.3, -0.25) is 4.57 Å². The van der Waals surface area contributed by atoms with Gasteiger partial charge in [0, 0.05) is 17.6 Å². The number of hydrogen-bond acceptors (Lipinski definition) is 4. The molecule has 0 unspecified atom stereocenters. The lowest BCUT2D eigenvalue weighted by molar-refractivity contribution is 0.0656. The molecule has 0 spiro atoms. The number of benzene rings is 1. The first-order valence-electron chi connectivity index (χ1n) is 6.00. The van der Waals surface area contributed by atoms with Crippen molar-refractivity contribution in [3.8, 4) is 0 Å². The maximum absolute atomic E-state index is 13.2. The molecule has 3 aromatic rings. The fraction of sp³-hybridized carbons (Fsp3) is 0.231. The monoisotopic (exact) mass is 311 g/mol. The number of alkyl halides is 2. The van der Waals surface area contributed by atoms with Crippen LogP contribution in [0.15, 0.2) is 40.3 Å². The normalized spacial score (nSPS) is 11.6. The molecule has 7 heteroatoms. The van der Waals surface area contributed by atoms with Gasteiger partial charge in [0.2, 0.25) is 0 Å². The quantitative estimate of drug-likeness (QED) is 0.661. The summed E-state index contributed by atoms with van der Waals surface area (Å²) in [5.41, 5.74) is 3.83. The Balaban J connectivity index is 1.81. The van der Waals surface area contributed by atoms with Crippen LogP contribution in [0.2, 0.25) is 0 Å². The first-order valence-corrected chi connectivity index (χ1v) is 7.93. The van der Waals surface area contributed by atoms with E-state index in [1.165, 1.54) is 23.1 Å². The lowest BCUT2D eigenvalue weighted by Crippen LogP contribution is -2.01. The number of aromatic nitrogens is 3. The highest BCUT2D eigenvalue weighted by Crippen LogP contribution is 2.29. The Labute approximate surface area is 122 Å². The van der Waals surface area contributed by atoms with Crippen molar-refractivity contribution < 1.29 is 8.78 Å². The van der Waals surface area contributed by atoms with Gasteiger partial charge < -0.3 is 0 Å². The van der Waals surface area contributed by atoms with E-state index < -0.39 is 6.55 Å². The summed E-state index contributed by atoms with van der Waals surface area (Å²) in [7, 11) is 0. The molecular formula is C13H11F2N3S2. The smallest absolute Gasteiger partial charge is 0.261 e. The number of para-hydroxylation sites is 2. The summed E-state index contributed by atoms with van der Waals surface area (Å²) in [6, 6.07) is 6.96. The Kier molecular flexibility index (Phi) is 3.98. The van der Waals surface area contributed by atoms with Gasteiger partial charge in [-0.25, -0.2) is 9.97 Å². The van der Waals surface area contributed by atoms with E-state index in [0.29, 0.717) is 21.9 Å². The van der Waals surface area contributed by atoms with Crippen molar-refractivity contribution in [3.05, 3.63) is 40.8 Å². The SMILES string of the molecule is FC(F)n1c(SCCc2cscn2)nc2ccccc21. The largest absolute Gasteiger partial charge is 0.321 e. The van der Waals surface area contributed by atoms with Gasteiger partial charge in [-0.05, 0) is 12.1 Å². The van der Waals surface area contributed by atoms with E-state index in [1.54, 1.807) is 29.8 Å². The third kappa shape index (κ3) is 2.69. The number of imidazole rings is 1. The summed E-state index contributed by atoms with van der Waals surface area (Å²) >= 11 is 2.87. The van der Waals surface area contributed by atoms with Crippen LogP contribution in [0.4, 0.5) is 8.78 Å². The fourth-order valence-corrected chi connectivity index (χ4v) is 3.49. The standard InChI is InChI=1S/C13H11F2N3S2/c14-12(15)18-11-4-2-1-3-10(11)17-13(18)20-6-5-9-7-19-8-16-9/h1-4,7-8,12H,5-6H2.